The number of nitrogens with one attached hydrogen (secondary N) is 5. The summed E-state index contributed by atoms with van der Waals surface area (Å²) in [6, 6.07) is 19.8. The minimum atomic E-state index is -0.329. The summed E-state index contributed by atoms with van der Waals surface area (Å²) in [6.45, 7) is 3.08. The lowest BCUT2D eigenvalue weighted by atomic mass is 9.78. The van der Waals surface area contributed by atoms with E-state index < -0.39 is 0 Å². The molecule has 11 nitrogen and oxygen atoms in total. The van der Waals surface area contributed by atoms with Crippen LogP contribution in [0.5, 0.6) is 0 Å². The molecule has 10 rings (SSSR count). The fourth-order valence-corrected chi connectivity index (χ4v) is 8.38. The molecular weight excluding hydrogens is 701 g/mol. The molecule has 2 fully saturated rings. The van der Waals surface area contributed by atoms with E-state index in [0.717, 1.165) is 55.1 Å². The molecule has 280 valence electrons. The largest absolute Gasteiger partial charge is 0.356 e. The number of hydrogen-bond acceptors (Lipinski definition) is 7. The molecule has 1 atom stereocenters. The lowest BCUT2D eigenvalue weighted by Gasteiger charge is -2.33. The normalized spacial score (nSPS) is 19.2. The molecule has 55 heavy (non-hydrogen) atoms. The molecule has 1 aliphatic carbocycles. The highest BCUT2D eigenvalue weighted by Gasteiger charge is 2.44. The van der Waals surface area contributed by atoms with Gasteiger partial charge >= 0.3 is 0 Å². The summed E-state index contributed by atoms with van der Waals surface area (Å²) in [4.78, 5) is 49.4. The maximum absolute atomic E-state index is 13.5. The van der Waals surface area contributed by atoms with Gasteiger partial charge in [-0.2, -0.15) is 0 Å². The minimum Gasteiger partial charge on any atom is -0.356 e. The van der Waals surface area contributed by atoms with Gasteiger partial charge in [0.15, 0.2) is 11.6 Å². The van der Waals surface area contributed by atoms with Gasteiger partial charge < -0.3 is 25.9 Å². The number of halogens is 2. The van der Waals surface area contributed by atoms with Crippen LogP contribution in [0.1, 0.15) is 71.6 Å². The molecule has 1 unspecified atom stereocenters. The highest BCUT2D eigenvalue weighted by molar-refractivity contribution is 5.99. The second kappa shape index (κ2) is 14.3. The summed E-state index contributed by atoms with van der Waals surface area (Å²) in [5.74, 6) is 0.149. The van der Waals surface area contributed by atoms with Crippen molar-refractivity contribution in [2.24, 2.45) is 0 Å². The van der Waals surface area contributed by atoms with Crippen LogP contribution in [0.3, 0.4) is 0 Å². The van der Waals surface area contributed by atoms with E-state index in [4.69, 9.17) is 0 Å². The first-order chi connectivity index (χ1) is 26.3. The second-order valence-corrected chi connectivity index (χ2v) is 14.6. The van der Waals surface area contributed by atoms with Gasteiger partial charge in [-0.25, -0.2) is 28.7 Å². The highest BCUT2D eigenvalue weighted by atomic mass is 19.1. The lowest BCUT2D eigenvalue weighted by Crippen LogP contribution is -2.48. The molecule has 4 aliphatic rings. The summed E-state index contributed by atoms with van der Waals surface area (Å²) < 4.78 is 27.1. The number of aromatic nitrogens is 6. The molecule has 1 saturated heterocycles. The predicted molar refractivity (Wildman–Crippen MR) is 205 cm³/mol. The van der Waals surface area contributed by atoms with Crippen molar-refractivity contribution in [3.8, 4) is 45.6 Å². The molecular formula is C42H41F2N9O2. The van der Waals surface area contributed by atoms with Gasteiger partial charge in [0.05, 0.1) is 33.9 Å². The van der Waals surface area contributed by atoms with E-state index in [1.54, 1.807) is 48.8 Å². The molecule has 0 bridgehead atoms. The van der Waals surface area contributed by atoms with Crippen LogP contribution in [0, 0.1) is 11.6 Å². The number of carbonyl (C=O) groups is 2. The number of aromatic amines is 2. The zero-order valence-corrected chi connectivity index (χ0v) is 29.3. The quantitative estimate of drug-likeness (QED) is 0.135. The van der Waals surface area contributed by atoms with Gasteiger partial charge in [0.2, 0.25) is 0 Å². The SMILES string of the molecule is C.O=C1NCC2(CCCC2)c2[nH]c(-c3ccnc(-c4cccc(F)c4)n3)cc21.O=C1NCC2(CCNC2)c2[nH]c(-c3ccnc(-c4cccc(F)c4)n3)cc21. The van der Waals surface area contributed by atoms with Crippen molar-refractivity contribution in [1.82, 2.24) is 45.9 Å². The Morgan fingerprint density at radius 2 is 1.11 bits per heavy atom. The monoisotopic (exact) mass is 741 g/mol. The highest BCUT2D eigenvalue weighted by Crippen LogP contribution is 2.44. The Kier molecular flexibility index (Phi) is 9.33. The Morgan fingerprint density at radius 3 is 1.60 bits per heavy atom. The van der Waals surface area contributed by atoms with Crippen molar-refractivity contribution < 1.29 is 18.4 Å². The lowest BCUT2D eigenvalue weighted by molar-refractivity contribution is 0.0917. The number of rotatable bonds is 4. The van der Waals surface area contributed by atoms with E-state index in [9.17, 15) is 18.4 Å². The third-order valence-corrected chi connectivity index (χ3v) is 11.2. The van der Waals surface area contributed by atoms with Gasteiger partial charge in [-0.05, 0) is 74.3 Å². The summed E-state index contributed by atoms with van der Waals surface area (Å²) in [5.41, 5.74) is 7.47. The van der Waals surface area contributed by atoms with Gasteiger partial charge in [0.25, 0.3) is 11.8 Å². The van der Waals surface area contributed by atoms with Crippen LogP contribution < -0.4 is 16.0 Å². The molecule has 2 aromatic carbocycles. The molecule has 5 N–H and O–H groups in total. The fourth-order valence-electron chi connectivity index (χ4n) is 8.38. The van der Waals surface area contributed by atoms with Crippen LogP contribution in [0.15, 0.2) is 85.2 Å². The number of benzene rings is 2. The number of H-pyrrole nitrogens is 2. The van der Waals surface area contributed by atoms with Gasteiger partial charge in [-0.3, -0.25) is 9.59 Å². The number of carbonyl (C=O) groups excluding carboxylic acids is 2. The van der Waals surface area contributed by atoms with E-state index in [0.29, 0.717) is 58.4 Å². The smallest absolute Gasteiger partial charge is 0.253 e. The van der Waals surface area contributed by atoms with Gasteiger partial charge in [-0.15, -0.1) is 0 Å². The Balaban J connectivity index is 0.000000153. The van der Waals surface area contributed by atoms with E-state index >= 15 is 0 Å². The van der Waals surface area contributed by atoms with Crippen molar-refractivity contribution in [2.45, 2.75) is 50.4 Å². The first-order valence-corrected chi connectivity index (χ1v) is 18.2. The van der Waals surface area contributed by atoms with Crippen LogP contribution >= 0.6 is 0 Å². The first-order valence-electron chi connectivity index (χ1n) is 18.2. The predicted octanol–water partition coefficient (Wildman–Crippen LogP) is 6.72. The molecule has 6 aromatic rings. The topological polar surface area (TPSA) is 153 Å². The van der Waals surface area contributed by atoms with E-state index in [2.05, 4.69) is 45.9 Å². The van der Waals surface area contributed by atoms with Crippen LogP contribution in [0.2, 0.25) is 0 Å². The molecule has 7 heterocycles. The fraction of sp³-hybridized carbons (Fsp3) is 0.286. The molecule has 3 aliphatic heterocycles. The molecule has 2 spiro atoms. The van der Waals surface area contributed by atoms with Crippen molar-refractivity contribution in [2.75, 3.05) is 26.2 Å². The van der Waals surface area contributed by atoms with Gasteiger partial charge in [0, 0.05) is 65.4 Å². The first kappa shape index (κ1) is 35.9. The van der Waals surface area contributed by atoms with E-state index in [1.165, 1.54) is 37.1 Å². The van der Waals surface area contributed by atoms with Crippen molar-refractivity contribution in [1.29, 1.82) is 0 Å². The van der Waals surface area contributed by atoms with Crippen molar-refractivity contribution in [3.05, 3.63) is 119 Å². The van der Waals surface area contributed by atoms with E-state index in [1.807, 2.05) is 12.1 Å². The van der Waals surface area contributed by atoms with Crippen LogP contribution in [-0.2, 0) is 10.8 Å². The number of hydrogen-bond donors (Lipinski definition) is 5. The molecule has 13 heteroatoms. The summed E-state index contributed by atoms with van der Waals surface area (Å²) in [7, 11) is 0. The Morgan fingerprint density at radius 1 is 0.600 bits per heavy atom. The summed E-state index contributed by atoms with van der Waals surface area (Å²) >= 11 is 0. The Labute approximate surface area is 316 Å². The Hall–Kier alpha value is -6.08. The third-order valence-electron chi connectivity index (χ3n) is 11.2. The standard InChI is InChI=1S/C21H19FN4O.C20H18FN5O.CH4/c22-14-5-3-4-13(10-14)19-23-9-6-16(26-19)17-11-15-18(25-17)21(7-1-2-8-21)12-24-20(15)27;21-13-3-1-2-12(8-13)18-23-6-4-15(26-18)16-9-14-17(25-16)20(5-7-22-10-20)11-24-19(14)27;/h3-6,9-11,25H,1-2,7-8,12H2,(H,24,27);1-4,6,8-9,22,25H,5,7,10-11H2,(H,24,27);1H4. The average Bonchev–Trinajstić information content (AvgIpc) is 4.03. The maximum Gasteiger partial charge on any atom is 0.253 e. The molecule has 4 aromatic heterocycles. The second-order valence-electron chi connectivity index (χ2n) is 14.6. The van der Waals surface area contributed by atoms with Crippen LogP contribution in [0.4, 0.5) is 8.78 Å². The Bertz CT molecular complexity index is 2240. The number of amides is 2. The third kappa shape index (κ3) is 6.58. The summed E-state index contributed by atoms with van der Waals surface area (Å²) in [5, 5.41) is 9.44. The van der Waals surface area contributed by atoms with Crippen LogP contribution in [0.25, 0.3) is 45.6 Å². The average molecular weight is 742 g/mol. The van der Waals surface area contributed by atoms with Crippen molar-refractivity contribution in [3.63, 3.8) is 0 Å². The molecule has 1 saturated carbocycles. The van der Waals surface area contributed by atoms with Crippen molar-refractivity contribution >= 4 is 11.8 Å². The van der Waals surface area contributed by atoms with Crippen LogP contribution in [-0.4, -0.2) is 67.9 Å². The van der Waals surface area contributed by atoms with Gasteiger partial charge in [0.1, 0.15) is 11.6 Å². The van der Waals surface area contributed by atoms with Gasteiger partial charge in [-0.1, -0.05) is 44.5 Å². The summed E-state index contributed by atoms with van der Waals surface area (Å²) in [6.07, 6.45) is 8.81. The number of fused-ring (bicyclic) bond motifs is 4. The zero-order valence-electron chi connectivity index (χ0n) is 29.3. The maximum atomic E-state index is 13.5. The minimum absolute atomic E-state index is 0. The van der Waals surface area contributed by atoms with E-state index in [-0.39, 0.29) is 41.7 Å². The zero-order chi connectivity index (χ0) is 36.9. The molecule has 2 amide bonds. The molecule has 0 radical (unpaired) electrons. The number of nitrogens with zero attached hydrogens (tertiary/aromatic N) is 4.